The number of carbonyl (C=O) groups is 6. The number of nitrogens with one attached hydrogen (secondary N) is 3. The summed E-state index contributed by atoms with van der Waals surface area (Å²) in [6.07, 6.45) is 2.42. The molecule has 2 aromatic rings. The van der Waals surface area contributed by atoms with Gasteiger partial charge < -0.3 is 58.0 Å². The molecule has 0 bridgehead atoms. The molecule has 2 aliphatic rings. The van der Waals surface area contributed by atoms with Gasteiger partial charge in [-0.05, 0) is 55.7 Å². The zero-order valence-corrected chi connectivity index (χ0v) is 37.3. The van der Waals surface area contributed by atoms with E-state index >= 15 is 0 Å². The van der Waals surface area contributed by atoms with Crippen LogP contribution in [-0.4, -0.2) is 172 Å². The monoisotopic (exact) mass is 916 g/mol. The summed E-state index contributed by atoms with van der Waals surface area (Å²) in [5.74, 6) is -2.15. The van der Waals surface area contributed by atoms with Gasteiger partial charge in [-0.3, -0.25) is 39.0 Å². The third kappa shape index (κ3) is 20.9. The number of imide groups is 2. The number of rotatable bonds is 37. The molecule has 1 saturated heterocycles. The summed E-state index contributed by atoms with van der Waals surface area (Å²) in [7, 11) is 0. The maximum Gasteiger partial charge on any atom is 0.264 e. The van der Waals surface area contributed by atoms with E-state index in [1.54, 1.807) is 36.4 Å². The molecule has 1 atom stereocenters. The normalized spacial score (nSPS) is 14.7. The highest BCUT2D eigenvalue weighted by Crippen LogP contribution is 2.32. The first-order valence-corrected chi connectivity index (χ1v) is 22.1. The molecule has 65 heavy (non-hydrogen) atoms. The Hall–Kier alpha value is -4.90. The largest absolute Gasteiger partial charge is 0.491 e. The van der Waals surface area contributed by atoms with Gasteiger partial charge in [0.15, 0.2) is 0 Å². The van der Waals surface area contributed by atoms with Crippen molar-refractivity contribution in [3.8, 4) is 5.75 Å². The van der Waals surface area contributed by atoms with Crippen molar-refractivity contribution in [2.24, 2.45) is 0 Å². The molecule has 20 nitrogen and oxygen atoms in total. The Morgan fingerprint density at radius 2 is 1.08 bits per heavy atom. The molecule has 0 spiro atoms. The molecule has 1 unspecified atom stereocenters. The van der Waals surface area contributed by atoms with E-state index in [2.05, 4.69) is 16.0 Å². The highest BCUT2D eigenvalue weighted by molar-refractivity contribution is 6.26. The lowest BCUT2D eigenvalue weighted by molar-refractivity contribution is -0.136. The van der Waals surface area contributed by atoms with E-state index in [4.69, 9.17) is 47.4 Å². The van der Waals surface area contributed by atoms with Gasteiger partial charge in [0, 0.05) is 32.1 Å². The van der Waals surface area contributed by atoms with Gasteiger partial charge in [0.05, 0.1) is 129 Å². The van der Waals surface area contributed by atoms with Crippen LogP contribution < -0.4 is 20.7 Å². The predicted molar refractivity (Wildman–Crippen MR) is 234 cm³/mol. The van der Waals surface area contributed by atoms with E-state index in [1.807, 2.05) is 0 Å². The molecular formula is C45H64N4O16. The predicted octanol–water partition coefficient (Wildman–Crippen LogP) is 2.77. The lowest BCUT2D eigenvalue weighted by atomic mass is 10.0. The average molecular weight is 917 g/mol. The standard InChI is InChI=1S/C45H64N4O16/c1-34(50)46-35-9-11-36(12-10-35)65-33-32-64-31-30-63-29-28-62-27-26-61-25-24-60-23-22-59-21-20-58-19-18-57-17-16-56-15-4-2-3-8-40(51)47-38-7-5-6-37-42(38)45(55)49(44(37)54)39-13-14-41(52)48-43(39)53/h5-7,9-12,39H,2-4,8,13-33H2,1H3,(H,46,50)(H,47,51)(H,48,52,53). The molecule has 360 valence electrons. The van der Waals surface area contributed by atoms with Crippen molar-refractivity contribution in [3.63, 3.8) is 0 Å². The number of nitrogens with zero attached hydrogens (tertiary/aromatic N) is 1. The smallest absolute Gasteiger partial charge is 0.264 e. The van der Waals surface area contributed by atoms with Crippen LogP contribution in [0, 0.1) is 0 Å². The van der Waals surface area contributed by atoms with Crippen molar-refractivity contribution < 1.29 is 76.1 Å². The van der Waals surface area contributed by atoms with Gasteiger partial charge >= 0.3 is 0 Å². The van der Waals surface area contributed by atoms with Crippen LogP contribution in [0.25, 0.3) is 0 Å². The Morgan fingerprint density at radius 3 is 1.57 bits per heavy atom. The summed E-state index contributed by atoms with van der Waals surface area (Å²) in [5.41, 5.74) is 1.09. The molecule has 1 fully saturated rings. The van der Waals surface area contributed by atoms with Crippen molar-refractivity contribution in [2.45, 2.75) is 51.5 Å². The number of carbonyl (C=O) groups excluding carboxylic acids is 6. The van der Waals surface area contributed by atoms with Crippen molar-refractivity contribution in [3.05, 3.63) is 53.6 Å². The lowest BCUT2D eigenvalue weighted by Crippen LogP contribution is -2.54. The number of hydrogen-bond donors (Lipinski definition) is 3. The quantitative estimate of drug-likeness (QED) is 0.0653. The number of fused-ring (bicyclic) bond motifs is 1. The molecule has 0 radical (unpaired) electrons. The number of piperidine rings is 1. The van der Waals surface area contributed by atoms with E-state index in [0.29, 0.717) is 138 Å². The van der Waals surface area contributed by atoms with Crippen LogP contribution in [0.5, 0.6) is 5.75 Å². The van der Waals surface area contributed by atoms with Gasteiger partial charge in [-0.2, -0.15) is 0 Å². The summed E-state index contributed by atoms with van der Waals surface area (Å²) in [6.45, 7) is 10.1. The van der Waals surface area contributed by atoms with Crippen LogP contribution in [0.4, 0.5) is 11.4 Å². The SMILES string of the molecule is CC(=O)Nc1ccc(OCCOCCOCCOCCOCCOCCOCCOCCOCCOCCCCCC(=O)Nc2cccc3c2C(=O)N(C2CCC(=O)NC2=O)C3=O)cc1. The number of benzene rings is 2. The van der Waals surface area contributed by atoms with E-state index in [-0.39, 0.29) is 47.9 Å². The zero-order valence-electron chi connectivity index (χ0n) is 37.3. The Balaban J connectivity index is 0.819. The van der Waals surface area contributed by atoms with E-state index in [0.717, 1.165) is 23.4 Å². The molecule has 6 amide bonds. The highest BCUT2D eigenvalue weighted by Gasteiger charge is 2.45. The Morgan fingerprint density at radius 1 is 0.585 bits per heavy atom. The van der Waals surface area contributed by atoms with Crippen LogP contribution in [0.3, 0.4) is 0 Å². The fourth-order valence-corrected chi connectivity index (χ4v) is 6.42. The molecule has 2 aromatic carbocycles. The van der Waals surface area contributed by atoms with Crippen LogP contribution in [0.15, 0.2) is 42.5 Å². The minimum absolute atomic E-state index is 0.0248. The summed E-state index contributed by atoms with van der Waals surface area (Å²) in [5, 5.41) is 7.61. The Labute approximate surface area is 379 Å². The molecule has 0 aromatic heterocycles. The third-order valence-electron chi connectivity index (χ3n) is 9.58. The van der Waals surface area contributed by atoms with Crippen molar-refractivity contribution in [1.29, 1.82) is 0 Å². The van der Waals surface area contributed by atoms with Crippen LogP contribution >= 0.6 is 0 Å². The molecule has 20 heteroatoms. The minimum atomic E-state index is -1.08. The number of unbranched alkanes of at least 4 members (excludes halogenated alkanes) is 2. The second kappa shape index (κ2) is 31.9. The summed E-state index contributed by atoms with van der Waals surface area (Å²) < 4.78 is 55.2. The zero-order chi connectivity index (χ0) is 46.3. The minimum Gasteiger partial charge on any atom is -0.491 e. The van der Waals surface area contributed by atoms with Crippen molar-refractivity contribution in [1.82, 2.24) is 10.2 Å². The second-order valence-electron chi connectivity index (χ2n) is 14.6. The number of hydrogen-bond acceptors (Lipinski definition) is 16. The third-order valence-corrected chi connectivity index (χ3v) is 9.58. The van der Waals surface area contributed by atoms with Gasteiger partial charge in [0.2, 0.25) is 23.6 Å². The fraction of sp³-hybridized carbons (Fsp3) is 0.600. The maximum atomic E-state index is 13.2. The fourth-order valence-electron chi connectivity index (χ4n) is 6.42. The molecule has 2 aliphatic heterocycles. The summed E-state index contributed by atoms with van der Waals surface area (Å²) in [6, 6.07) is 10.7. The number of amides is 6. The van der Waals surface area contributed by atoms with E-state index < -0.39 is 29.7 Å². The summed E-state index contributed by atoms with van der Waals surface area (Å²) >= 11 is 0. The molecule has 3 N–H and O–H groups in total. The topological polar surface area (TPSA) is 234 Å². The number of ether oxygens (including phenoxy) is 10. The van der Waals surface area contributed by atoms with E-state index in [1.165, 1.54) is 13.0 Å². The highest BCUT2D eigenvalue weighted by atomic mass is 16.6. The van der Waals surface area contributed by atoms with Gasteiger partial charge in [-0.25, -0.2) is 0 Å². The van der Waals surface area contributed by atoms with Crippen LogP contribution in [0.2, 0.25) is 0 Å². The van der Waals surface area contributed by atoms with E-state index in [9.17, 15) is 28.8 Å². The molecule has 2 heterocycles. The second-order valence-corrected chi connectivity index (χ2v) is 14.6. The Bertz CT molecular complexity index is 1760. The molecule has 0 saturated carbocycles. The first kappa shape index (κ1) is 52.7. The number of anilines is 2. The molecular weight excluding hydrogens is 853 g/mol. The Kier molecular flexibility index (Phi) is 25.9. The maximum absolute atomic E-state index is 13.2. The van der Waals surface area contributed by atoms with Gasteiger partial charge in [0.1, 0.15) is 18.4 Å². The molecule has 0 aliphatic carbocycles. The summed E-state index contributed by atoms with van der Waals surface area (Å²) in [4.78, 5) is 74.7. The van der Waals surface area contributed by atoms with Gasteiger partial charge in [-0.1, -0.05) is 12.5 Å². The van der Waals surface area contributed by atoms with Crippen molar-refractivity contribution >= 4 is 46.8 Å². The van der Waals surface area contributed by atoms with Gasteiger partial charge in [-0.15, -0.1) is 0 Å². The first-order valence-electron chi connectivity index (χ1n) is 22.1. The lowest BCUT2D eigenvalue weighted by Gasteiger charge is -2.27. The average Bonchev–Trinajstić information content (AvgIpc) is 3.54. The molecule has 4 rings (SSSR count). The van der Waals surface area contributed by atoms with Gasteiger partial charge in [0.25, 0.3) is 11.8 Å². The van der Waals surface area contributed by atoms with Crippen LogP contribution in [-0.2, 0) is 61.8 Å². The first-order chi connectivity index (χ1) is 31.7. The van der Waals surface area contributed by atoms with Crippen LogP contribution in [0.1, 0.15) is 66.2 Å². The van der Waals surface area contributed by atoms with Crippen molar-refractivity contribution in [2.75, 3.05) is 136 Å².